The van der Waals surface area contributed by atoms with Crippen LogP contribution in [0.3, 0.4) is 0 Å². The molecule has 18 nitrogen and oxygen atoms in total. The molecule has 0 aliphatic carbocycles. The van der Waals surface area contributed by atoms with E-state index in [0.717, 1.165) is 5.56 Å². The maximum Gasteiger partial charge on any atom is 0.326 e. The molecule has 0 aromatic heterocycles. The Labute approximate surface area is 366 Å². The van der Waals surface area contributed by atoms with E-state index in [0.29, 0.717) is 25.8 Å². The monoisotopic (exact) mass is 873 g/mol. The molecule has 1 aromatic carbocycles. The number of carbonyl (C=O) groups is 7. The Morgan fingerprint density at radius 3 is 2.03 bits per heavy atom. The fraction of sp³-hybridized carbons (Fsp3) is 0.682. The van der Waals surface area contributed by atoms with Crippen LogP contribution in [0.2, 0.25) is 0 Å². The number of amides is 6. The van der Waals surface area contributed by atoms with Gasteiger partial charge in [0.15, 0.2) is 5.96 Å². The Balaban J connectivity index is 2.28. The fourth-order valence-electron chi connectivity index (χ4n) is 8.30. The third-order valence-electron chi connectivity index (χ3n) is 11.9. The molecule has 1 saturated heterocycles. The highest BCUT2D eigenvalue weighted by atomic mass is 16.5. The summed E-state index contributed by atoms with van der Waals surface area (Å²) in [5.74, 6) is -6.13. The van der Waals surface area contributed by atoms with Crippen LogP contribution in [-0.4, -0.2) is 144 Å². The Morgan fingerprint density at radius 1 is 0.887 bits per heavy atom. The minimum atomic E-state index is -1.17. The second-order valence-corrected chi connectivity index (χ2v) is 17.0. The van der Waals surface area contributed by atoms with Gasteiger partial charge in [-0.2, -0.15) is 4.99 Å². The summed E-state index contributed by atoms with van der Waals surface area (Å²) in [7, 11) is 6.04. The number of guanidine groups is 1. The van der Waals surface area contributed by atoms with Crippen molar-refractivity contribution in [1.82, 2.24) is 25.3 Å². The van der Waals surface area contributed by atoms with Gasteiger partial charge in [0.25, 0.3) is 0 Å². The summed E-state index contributed by atoms with van der Waals surface area (Å²) in [6.45, 7) is 13.1. The summed E-state index contributed by atoms with van der Waals surface area (Å²) >= 11 is 0. The maximum absolute atomic E-state index is 14.5. The van der Waals surface area contributed by atoms with Crippen molar-refractivity contribution < 1.29 is 48.1 Å². The number of aliphatic carboxylic acids is 1. The molecular formula is C44H72N8O10. The average Bonchev–Trinajstić information content (AvgIpc) is 3.70. The van der Waals surface area contributed by atoms with Gasteiger partial charge in [-0.05, 0) is 36.2 Å². The molecule has 1 aliphatic rings. The number of methoxy groups -OCH3 is 2. The van der Waals surface area contributed by atoms with Crippen LogP contribution in [-0.2, 0) is 49.5 Å². The number of benzene rings is 1. The van der Waals surface area contributed by atoms with Gasteiger partial charge in [0, 0.05) is 54.1 Å². The van der Waals surface area contributed by atoms with E-state index in [1.807, 2.05) is 19.9 Å². The standard InChI is InChI=1S/C44H72N8O10/c1-12-27(6)38(51(9)42(58)36(25(2)3)49-41(57)37(26(4)5)50(8)34(54)21-20-33(53)48-44(45)46)32(61-10)24-35(55)52-22-16-19-31(52)39(62-11)28(7)40(56)47-30(43(59)60)23-29-17-14-13-15-18-29/h13-15,17-18,25-28,30-32,36-39H,12,16,19-24H2,1-11H3,(H,47,56)(H,49,57)(H,59,60)(H4,45,46,48,53)/t27-,28+,30-,31-,32+,36-,37-,38-,39+/m0/s1. The number of rotatable bonds is 24. The third-order valence-corrected chi connectivity index (χ3v) is 11.9. The molecule has 0 spiro atoms. The van der Waals surface area contributed by atoms with Gasteiger partial charge in [0.1, 0.15) is 18.1 Å². The Bertz CT molecular complexity index is 1700. The number of ether oxygens (including phenoxy) is 2. The number of hydrogen-bond donors (Lipinski definition) is 5. The van der Waals surface area contributed by atoms with Crippen LogP contribution in [0.5, 0.6) is 0 Å². The lowest BCUT2D eigenvalue weighted by Gasteiger charge is -2.41. The highest BCUT2D eigenvalue weighted by Gasteiger charge is 2.44. The summed E-state index contributed by atoms with van der Waals surface area (Å²) in [5, 5.41) is 15.5. The topological polar surface area (TPSA) is 256 Å². The first-order chi connectivity index (χ1) is 29.1. The molecule has 18 heteroatoms. The number of hydrogen-bond acceptors (Lipinski definition) is 9. The predicted molar refractivity (Wildman–Crippen MR) is 234 cm³/mol. The van der Waals surface area contributed by atoms with E-state index < -0.39 is 89.8 Å². The lowest BCUT2D eigenvalue weighted by Crippen LogP contribution is -2.60. The SMILES string of the molecule is CC[C@H](C)[C@@H]([C@@H](CC(=O)N1CCC[C@H]1[C@H](OC)[C@@H](C)C(=O)N[C@@H](Cc1ccccc1)C(=O)O)OC)N(C)C(=O)[C@@H](NC(=O)[C@H](C(C)C)N(C)C(=O)CCC(=O)N=C(N)N)C(C)C. The van der Waals surface area contributed by atoms with Gasteiger partial charge in [-0.25, -0.2) is 4.79 Å². The second kappa shape index (κ2) is 25.1. The van der Waals surface area contributed by atoms with Crippen molar-refractivity contribution in [1.29, 1.82) is 0 Å². The first-order valence-corrected chi connectivity index (χ1v) is 21.5. The molecule has 0 saturated carbocycles. The molecule has 62 heavy (non-hydrogen) atoms. The van der Waals surface area contributed by atoms with Crippen LogP contribution in [0.1, 0.15) is 92.6 Å². The number of nitrogens with zero attached hydrogens (tertiary/aromatic N) is 4. The number of nitrogens with two attached hydrogens (primary N) is 2. The maximum atomic E-state index is 14.5. The third kappa shape index (κ3) is 14.8. The molecule has 1 aromatic rings. The molecule has 0 unspecified atom stereocenters. The van der Waals surface area contributed by atoms with Crippen LogP contribution < -0.4 is 22.1 Å². The van der Waals surface area contributed by atoms with Crippen molar-refractivity contribution >= 4 is 47.4 Å². The molecule has 0 radical (unpaired) electrons. The molecule has 1 fully saturated rings. The van der Waals surface area contributed by atoms with E-state index in [1.165, 1.54) is 31.1 Å². The first kappa shape index (κ1) is 53.0. The summed E-state index contributed by atoms with van der Waals surface area (Å²) in [5.41, 5.74) is 11.3. The van der Waals surface area contributed by atoms with E-state index in [2.05, 4.69) is 15.6 Å². The fourth-order valence-corrected chi connectivity index (χ4v) is 8.30. The van der Waals surface area contributed by atoms with Gasteiger partial charge in [-0.1, -0.05) is 85.2 Å². The Kier molecular flexibility index (Phi) is 21.5. The number of likely N-dealkylation sites (tertiary alicyclic amines) is 1. The zero-order chi connectivity index (χ0) is 47.0. The average molecular weight is 873 g/mol. The largest absolute Gasteiger partial charge is 0.480 e. The van der Waals surface area contributed by atoms with Crippen molar-refractivity contribution in [2.45, 2.75) is 136 Å². The Morgan fingerprint density at radius 2 is 1.52 bits per heavy atom. The van der Waals surface area contributed by atoms with Gasteiger partial charge < -0.3 is 51.4 Å². The van der Waals surface area contributed by atoms with Crippen molar-refractivity contribution in [3.8, 4) is 0 Å². The quantitative estimate of drug-likeness (QED) is 0.0738. The van der Waals surface area contributed by atoms with Crippen LogP contribution in [0.4, 0.5) is 0 Å². The van der Waals surface area contributed by atoms with Crippen LogP contribution in [0.25, 0.3) is 0 Å². The highest BCUT2D eigenvalue weighted by molar-refractivity contribution is 5.95. The molecule has 6 amide bonds. The number of likely N-dealkylation sites (N-methyl/N-ethyl adjacent to an activating group) is 2. The molecule has 1 aliphatic heterocycles. The van der Waals surface area contributed by atoms with Gasteiger partial charge in [0.05, 0.1) is 36.6 Å². The van der Waals surface area contributed by atoms with Crippen LogP contribution >= 0.6 is 0 Å². The molecule has 9 atom stereocenters. The van der Waals surface area contributed by atoms with Crippen LogP contribution in [0.15, 0.2) is 35.3 Å². The van der Waals surface area contributed by atoms with E-state index in [1.54, 1.807) is 70.8 Å². The molecule has 0 bridgehead atoms. The van der Waals surface area contributed by atoms with E-state index in [-0.39, 0.29) is 49.3 Å². The molecule has 2 rings (SSSR count). The summed E-state index contributed by atoms with van der Waals surface area (Å²) in [6.07, 6.45) is -0.131. The first-order valence-electron chi connectivity index (χ1n) is 21.5. The number of nitrogens with one attached hydrogen (secondary N) is 2. The Hall–Kier alpha value is -5.10. The minimum absolute atomic E-state index is 0.0957. The lowest BCUT2D eigenvalue weighted by molar-refractivity contribution is -0.149. The summed E-state index contributed by atoms with van der Waals surface area (Å²) in [6, 6.07) is 4.78. The highest BCUT2D eigenvalue weighted by Crippen LogP contribution is 2.30. The summed E-state index contributed by atoms with van der Waals surface area (Å²) < 4.78 is 11.9. The van der Waals surface area contributed by atoms with Crippen molar-refractivity contribution in [3.05, 3.63) is 35.9 Å². The molecule has 7 N–H and O–H groups in total. The van der Waals surface area contributed by atoms with Crippen molar-refractivity contribution in [2.75, 3.05) is 34.9 Å². The van der Waals surface area contributed by atoms with E-state index in [9.17, 15) is 38.7 Å². The van der Waals surface area contributed by atoms with Crippen molar-refractivity contribution in [3.63, 3.8) is 0 Å². The molecular weight excluding hydrogens is 801 g/mol. The van der Waals surface area contributed by atoms with Crippen LogP contribution in [0, 0.1) is 23.7 Å². The normalized spacial score (nSPS) is 17.8. The number of aliphatic imine (C=N–C) groups is 1. The van der Waals surface area contributed by atoms with Gasteiger partial charge >= 0.3 is 5.97 Å². The number of carboxylic acid groups (broad SMARTS) is 1. The predicted octanol–water partition coefficient (Wildman–Crippen LogP) is 1.92. The zero-order valence-corrected chi connectivity index (χ0v) is 38.5. The van der Waals surface area contributed by atoms with E-state index >= 15 is 0 Å². The zero-order valence-electron chi connectivity index (χ0n) is 38.5. The van der Waals surface area contributed by atoms with Gasteiger partial charge in [-0.3, -0.25) is 28.8 Å². The van der Waals surface area contributed by atoms with Crippen molar-refractivity contribution in [2.24, 2.45) is 40.1 Å². The van der Waals surface area contributed by atoms with Gasteiger partial charge in [0.2, 0.25) is 35.4 Å². The van der Waals surface area contributed by atoms with Gasteiger partial charge in [-0.15, -0.1) is 0 Å². The van der Waals surface area contributed by atoms with E-state index in [4.69, 9.17) is 20.9 Å². The minimum Gasteiger partial charge on any atom is -0.480 e. The lowest BCUT2D eigenvalue weighted by atomic mass is 9.89. The molecule has 1 heterocycles. The smallest absolute Gasteiger partial charge is 0.326 e. The number of carbonyl (C=O) groups excluding carboxylic acids is 6. The summed E-state index contributed by atoms with van der Waals surface area (Å²) in [4.78, 5) is 101. The second-order valence-electron chi connectivity index (χ2n) is 17.0. The number of carboxylic acids is 1. The molecule has 348 valence electrons.